The smallest absolute Gasteiger partial charge is 0.00205 e. The van der Waals surface area contributed by atoms with Crippen molar-refractivity contribution in [3.8, 4) is 0 Å². The van der Waals surface area contributed by atoms with Crippen LogP contribution in [0, 0.1) is 5.92 Å². The molecular formula is C9H19N. The zero-order valence-electron chi connectivity index (χ0n) is 7.03. The predicted molar refractivity (Wildman–Crippen MR) is 45.1 cm³/mol. The number of rotatable bonds is 3. The van der Waals surface area contributed by atoms with Gasteiger partial charge in [-0.15, -0.1) is 0 Å². The van der Waals surface area contributed by atoms with Gasteiger partial charge in [0.05, 0.1) is 0 Å². The first-order valence-corrected chi connectivity index (χ1v) is 4.64. The molecule has 0 aliphatic carbocycles. The Morgan fingerprint density at radius 3 is 3.00 bits per heavy atom. The van der Waals surface area contributed by atoms with E-state index in [1.807, 2.05) is 0 Å². The quantitative estimate of drug-likeness (QED) is 0.635. The Morgan fingerprint density at radius 2 is 2.40 bits per heavy atom. The summed E-state index contributed by atoms with van der Waals surface area (Å²) in [5.74, 6) is 0.994. The maximum atomic E-state index is 3.44. The molecule has 0 spiro atoms. The van der Waals surface area contributed by atoms with Crippen molar-refractivity contribution in [2.45, 2.75) is 39.0 Å². The van der Waals surface area contributed by atoms with Gasteiger partial charge in [-0.1, -0.05) is 19.8 Å². The van der Waals surface area contributed by atoms with E-state index >= 15 is 0 Å². The minimum Gasteiger partial charge on any atom is -0.316 e. The molecule has 1 nitrogen and oxygen atoms in total. The highest BCUT2D eigenvalue weighted by atomic mass is 14.9. The Bertz CT molecular complexity index is 74.8. The summed E-state index contributed by atoms with van der Waals surface area (Å²) in [6.07, 6.45) is 7.09. The van der Waals surface area contributed by atoms with Crippen molar-refractivity contribution in [3.05, 3.63) is 0 Å². The van der Waals surface area contributed by atoms with E-state index in [1.165, 1.54) is 45.2 Å². The fourth-order valence-corrected chi connectivity index (χ4v) is 1.66. The van der Waals surface area contributed by atoms with Crippen molar-refractivity contribution in [2.75, 3.05) is 13.1 Å². The first-order valence-electron chi connectivity index (χ1n) is 4.64. The van der Waals surface area contributed by atoms with Crippen molar-refractivity contribution in [3.63, 3.8) is 0 Å². The summed E-state index contributed by atoms with van der Waals surface area (Å²) >= 11 is 0. The van der Waals surface area contributed by atoms with E-state index in [0.717, 1.165) is 5.92 Å². The number of unbranched alkanes of at least 4 members (excludes halogenated alkanes) is 1. The van der Waals surface area contributed by atoms with E-state index < -0.39 is 0 Å². The second-order valence-corrected chi connectivity index (χ2v) is 3.35. The molecule has 0 radical (unpaired) electrons. The molecule has 1 heterocycles. The molecule has 1 aliphatic rings. The van der Waals surface area contributed by atoms with Gasteiger partial charge in [0.15, 0.2) is 0 Å². The monoisotopic (exact) mass is 141 g/mol. The van der Waals surface area contributed by atoms with Crippen LogP contribution in [0.15, 0.2) is 0 Å². The molecule has 1 fully saturated rings. The molecule has 0 unspecified atom stereocenters. The van der Waals surface area contributed by atoms with E-state index in [-0.39, 0.29) is 0 Å². The molecule has 0 aromatic carbocycles. The van der Waals surface area contributed by atoms with Crippen LogP contribution in [-0.4, -0.2) is 13.1 Å². The van der Waals surface area contributed by atoms with Crippen LogP contribution in [0.3, 0.4) is 0 Å². The summed E-state index contributed by atoms with van der Waals surface area (Å²) < 4.78 is 0. The van der Waals surface area contributed by atoms with Crippen LogP contribution in [0.2, 0.25) is 0 Å². The van der Waals surface area contributed by atoms with Crippen LogP contribution in [0.25, 0.3) is 0 Å². The Hall–Kier alpha value is -0.0400. The van der Waals surface area contributed by atoms with Gasteiger partial charge in [0, 0.05) is 0 Å². The van der Waals surface area contributed by atoms with Crippen LogP contribution in [0.1, 0.15) is 39.0 Å². The molecule has 0 bridgehead atoms. The molecule has 1 saturated heterocycles. The number of nitrogens with one attached hydrogen (secondary N) is 1. The largest absolute Gasteiger partial charge is 0.316 e. The van der Waals surface area contributed by atoms with Gasteiger partial charge in [-0.05, 0) is 38.3 Å². The Kier molecular flexibility index (Phi) is 3.81. The Morgan fingerprint density at radius 1 is 1.50 bits per heavy atom. The minimum absolute atomic E-state index is 0.994. The van der Waals surface area contributed by atoms with Crippen LogP contribution >= 0.6 is 0 Å². The van der Waals surface area contributed by atoms with Gasteiger partial charge in [0.25, 0.3) is 0 Å². The van der Waals surface area contributed by atoms with Crippen molar-refractivity contribution in [2.24, 2.45) is 5.92 Å². The van der Waals surface area contributed by atoms with Gasteiger partial charge in [-0.25, -0.2) is 0 Å². The van der Waals surface area contributed by atoms with Crippen molar-refractivity contribution in [1.82, 2.24) is 5.32 Å². The summed E-state index contributed by atoms with van der Waals surface area (Å²) in [6, 6.07) is 0. The molecule has 10 heavy (non-hydrogen) atoms. The molecular weight excluding hydrogens is 122 g/mol. The van der Waals surface area contributed by atoms with Crippen molar-refractivity contribution >= 4 is 0 Å². The number of hydrogen-bond donors (Lipinski definition) is 1. The lowest BCUT2D eigenvalue weighted by Crippen LogP contribution is -2.29. The van der Waals surface area contributed by atoms with E-state index in [1.54, 1.807) is 0 Å². The lowest BCUT2D eigenvalue weighted by molar-refractivity contribution is 0.350. The Labute approximate surface area is 64.2 Å². The normalized spacial score (nSPS) is 26.7. The number of hydrogen-bond acceptors (Lipinski definition) is 1. The standard InChI is InChI=1S/C9H19N/c1-2-3-5-9-6-4-7-10-8-9/h9-10H,2-8H2,1H3/t9-/m1/s1. The molecule has 0 saturated carbocycles. The van der Waals surface area contributed by atoms with Gasteiger partial charge in [-0.3, -0.25) is 0 Å². The van der Waals surface area contributed by atoms with Crippen LogP contribution in [0.4, 0.5) is 0 Å². The molecule has 60 valence electrons. The van der Waals surface area contributed by atoms with E-state index in [4.69, 9.17) is 0 Å². The predicted octanol–water partition coefficient (Wildman–Crippen LogP) is 2.18. The molecule has 1 heteroatoms. The highest BCUT2D eigenvalue weighted by Gasteiger charge is 2.10. The molecule has 1 aliphatic heterocycles. The average molecular weight is 141 g/mol. The fourth-order valence-electron chi connectivity index (χ4n) is 1.66. The molecule has 0 amide bonds. The van der Waals surface area contributed by atoms with Gasteiger partial charge >= 0.3 is 0 Å². The third-order valence-electron chi connectivity index (χ3n) is 2.36. The molecule has 1 atom stereocenters. The van der Waals surface area contributed by atoms with Crippen molar-refractivity contribution in [1.29, 1.82) is 0 Å². The number of piperidine rings is 1. The topological polar surface area (TPSA) is 12.0 Å². The highest BCUT2D eigenvalue weighted by molar-refractivity contribution is 4.68. The summed E-state index contributed by atoms with van der Waals surface area (Å²) in [4.78, 5) is 0. The van der Waals surface area contributed by atoms with Crippen LogP contribution < -0.4 is 5.32 Å². The first-order chi connectivity index (χ1) is 4.93. The van der Waals surface area contributed by atoms with Gasteiger partial charge in [-0.2, -0.15) is 0 Å². The second kappa shape index (κ2) is 4.73. The molecule has 0 aromatic rings. The summed E-state index contributed by atoms with van der Waals surface area (Å²) in [5, 5.41) is 3.44. The maximum Gasteiger partial charge on any atom is -0.00205 e. The van der Waals surface area contributed by atoms with Crippen LogP contribution in [-0.2, 0) is 0 Å². The van der Waals surface area contributed by atoms with Gasteiger partial charge in [0.1, 0.15) is 0 Å². The first kappa shape index (κ1) is 8.06. The summed E-state index contributed by atoms with van der Waals surface area (Å²) in [7, 11) is 0. The minimum atomic E-state index is 0.994. The van der Waals surface area contributed by atoms with E-state index in [2.05, 4.69) is 12.2 Å². The second-order valence-electron chi connectivity index (χ2n) is 3.35. The third-order valence-corrected chi connectivity index (χ3v) is 2.36. The molecule has 1 rings (SSSR count). The van der Waals surface area contributed by atoms with Crippen molar-refractivity contribution < 1.29 is 0 Å². The van der Waals surface area contributed by atoms with E-state index in [9.17, 15) is 0 Å². The SMILES string of the molecule is CCCC[C@@H]1CCCNC1. The zero-order valence-corrected chi connectivity index (χ0v) is 7.03. The van der Waals surface area contributed by atoms with Gasteiger partial charge in [0.2, 0.25) is 0 Å². The molecule has 1 N–H and O–H groups in total. The lowest BCUT2D eigenvalue weighted by atomic mass is 9.94. The lowest BCUT2D eigenvalue weighted by Gasteiger charge is -2.22. The fraction of sp³-hybridized carbons (Fsp3) is 1.00. The Balaban J connectivity index is 2.02. The maximum absolute atomic E-state index is 3.44. The van der Waals surface area contributed by atoms with Gasteiger partial charge < -0.3 is 5.32 Å². The average Bonchev–Trinajstić information content (AvgIpc) is 2.03. The van der Waals surface area contributed by atoms with Crippen LogP contribution in [0.5, 0.6) is 0 Å². The summed E-state index contributed by atoms with van der Waals surface area (Å²) in [6.45, 7) is 4.80. The summed E-state index contributed by atoms with van der Waals surface area (Å²) in [5.41, 5.74) is 0. The highest BCUT2D eigenvalue weighted by Crippen LogP contribution is 2.16. The third kappa shape index (κ3) is 2.70. The molecule has 0 aromatic heterocycles. The zero-order chi connectivity index (χ0) is 7.23. The van der Waals surface area contributed by atoms with E-state index in [0.29, 0.717) is 0 Å².